The summed E-state index contributed by atoms with van der Waals surface area (Å²) in [4.78, 5) is 0. The Bertz CT molecular complexity index is 394. The standard InChI is InChI=1S/C7H13N3O2S/c1-4-13(11,12)10-7-5(2)6(3)8-9-7/h4H2,1-3H3,(H2,8,9,10). The lowest BCUT2D eigenvalue weighted by atomic mass is 10.3. The predicted molar refractivity (Wildman–Crippen MR) is 51.1 cm³/mol. The van der Waals surface area contributed by atoms with Crippen LogP contribution in [-0.4, -0.2) is 24.4 Å². The van der Waals surface area contributed by atoms with Crippen LogP contribution in [0.15, 0.2) is 0 Å². The van der Waals surface area contributed by atoms with Crippen LogP contribution in [0.4, 0.5) is 5.82 Å². The van der Waals surface area contributed by atoms with Gasteiger partial charge in [-0.1, -0.05) is 0 Å². The van der Waals surface area contributed by atoms with Gasteiger partial charge in [0.1, 0.15) is 0 Å². The van der Waals surface area contributed by atoms with Crippen molar-refractivity contribution in [1.29, 1.82) is 0 Å². The topological polar surface area (TPSA) is 74.8 Å². The number of anilines is 1. The highest BCUT2D eigenvalue weighted by molar-refractivity contribution is 7.92. The van der Waals surface area contributed by atoms with Crippen molar-refractivity contribution in [2.24, 2.45) is 0 Å². The SMILES string of the molecule is CCS(=O)(=O)Nc1n[nH]c(C)c1C. The number of aromatic nitrogens is 2. The molecule has 13 heavy (non-hydrogen) atoms. The average Bonchev–Trinajstić information content (AvgIpc) is 2.36. The van der Waals surface area contributed by atoms with E-state index in [1.54, 1.807) is 6.92 Å². The number of nitrogens with one attached hydrogen (secondary N) is 2. The lowest BCUT2D eigenvalue weighted by Crippen LogP contribution is -2.15. The molecule has 0 saturated heterocycles. The molecule has 0 atom stereocenters. The van der Waals surface area contributed by atoms with Gasteiger partial charge in [0, 0.05) is 11.3 Å². The Hall–Kier alpha value is -1.04. The molecule has 6 heteroatoms. The van der Waals surface area contributed by atoms with E-state index in [0.717, 1.165) is 11.3 Å². The first-order valence-electron chi connectivity index (χ1n) is 3.98. The monoisotopic (exact) mass is 203 g/mol. The molecular weight excluding hydrogens is 190 g/mol. The molecule has 2 N–H and O–H groups in total. The Balaban J connectivity index is 2.93. The Morgan fingerprint density at radius 1 is 1.46 bits per heavy atom. The Morgan fingerprint density at radius 2 is 2.08 bits per heavy atom. The van der Waals surface area contributed by atoms with E-state index in [0.29, 0.717) is 5.82 Å². The van der Waals surface area contributed by atoms with E-state index >= 15 is 0 Å². The van der Waals surface area contributed by atoms with Crippen LogP contribution in [0, 0.1) is 13.8 Å². The molecule has 0 aliphatic rings. The van der Waals surface area contributed by atoms with Crippen LogP contribution >= 0.6 is 0 Å². The van der Waals surface area contributed by atoms with Gasteiger partial charge in [0.05, 0.1) is 5.75 Å². The summed E-state index contributed by atoms with van der Waals surface area (Å²) in [6.45, 7) is 5.23. The number of hydrogen-bond acceptors (Lipinski definition) is 3. The summed E-state index contributed by atoms with van der Waals surface area (Å²) in [5.41, 5.74) is 1.70. The number of aryl methyl sites for hydroxylation is 1. The van der Waals surface area contributed by atoms with Crippen LogP contribution in [0.1, 0.15) is 18.2 Å². The first-order chi connectivity index (χ1) is 5.96. The molecule has 5 nitrogen and oxygen atoms in total. The first kappa shape index (κ1) is 10.0. The van der Waals surface area contributed by atoms with E-state index in [-0.39, 0.29) is 5.75 Å². The minimum absolute atomic E-state index is 0.0539. The summed E-state index contributed by atoms with van der Waals surface area (Å²) in [5, 5.41) is 6.54. The fourth-order valence-electron chi connectivity index (χ4n) is 0.804. The third-order valence-electron chi connectivity index (χ3n) is 1.89. The Labute approximate surface area is 77.6 Å². The minimum Gasteiger partial charge on any atom is -0.280 e. The van der Waals surface area contributed by atoms with Crippen molar-refractivity contribution in [2.75, 3.05) is 10.5 Å². The number of hydrogen-bond donors (Lipinski definition) is 2. The molecule has 1 aromatic rings. The van der Waals surface area contributed by atoms with E-state index < -0.39 is 10.0 Å². The van der Waals surface area contributed by atoms with E-state index in [4.69, 9.17) is 0 Å². The van der Waals surface area contributed by atoms with Crippen molar-refractivity contribution in [2.45, 2.75) is 20.8 Å². The molecule has 0 unspecified atom stereocenters. The quantitative estimate of drug-likeness (QED) is 0.762. The fraction of sp³-hybridized carbons (Fsp3) is 0.571. The van der Waals surface area contributed by atoms with Gasteiger partial charge in [0.25, 0.3) is 0 Å². The molecule has 0 aliphatic carbocycles. The maximum atomic E-state index is 11.2. The van der Waals surface area contributed by atoms with Gasteiger partial charge in [-0.2, -0.15) is 5.10 Å². The van der Waals surface area contributed by atoms with Gasteiger partial charge >= 0.3 is 0 Å². The van der Waals surface area contributed by atoms with Crippen molar-refractivity contribution < 1.29 is 8.42 Å². The third-order valence-corrected chi connectivity index (χ3v) is 3.15. The molecule has 0 bridgehead atoms. The molecule has 0 saturated carbocycles. The maximum Gasteiger partial charge on any atom is 0.233 e. The number of sulfonamides is 1. The van der Waals surface area contributed by atoms with Crippen molar-refractivity contribution in [3.8, 4) is 0 Å². The van der Waals surface area contributed by atoms with Crippen molar-refractivity contribution >= 4 is 15.8 Å². The van der Waals surface area contributed by atoms with Crippen LogP contribution in [-0.2, 0) is 10.0 Å². The molecule has 0 aliphatic heterocycles. The Kier molecular flexibility index (Phi) is 2.60. The molecule has 0 aromatic carbocycles. The zero-order valence-corrected chi connectivity index (χ0v) is 8.70. The van der Waals surface area contributed by atoms with Gasteiger partial charge in [0.2, 0.25) is 10.0 Å². The molecule has 0 radical (unpaired) electrons. The van der Waals surface area contributed by atoms with Gasteiger partial charge in [-0.3, -0.25) is 9.82 Å². The zero-order valence-electron chi connectivity index (χ0n) is 7.88. The second-order valence-corrected chi connectivity index (χ2v) is 4.84. The van der Waals surface area contributed by atoms with Crippen molar-refractivity contribution in [3.05, 3.63) is 11.3 Å². The molecule has 74 valence electrons. The maximum absolute atomic E-state index is 11.2. The molecule has 1 rings (SSSR count). The normalized spacial score (nSPS) is 11.6. The minimum atomic E-state index is -3.21. The third kappa shape index (κ3) is 2.21. The molecule has 0 fully saturated rings. The summed E-state index contributed by atoms with van der Waals surface area (Å²) < 4.78 is 24.7. The van der Waals surface area contributed by atoms with Crippen LogP contribution in [0.5, 0.6) is 0 Å². The smallest absolute Gasteiger partial charge is 0.233 e. The van der Waals surface area contributed by atoms with E-state index in [9.17, 15) is 8.42 Å². The summed E-state index contributed by atoms with van der Waals surface area (Å²) >= 11 is 0. The predicted octanol–water partition coefficient (Wildman–Crippen LogP) is 0.788. The summed E-state index contributed by atoms with van der Waals surface area (Å²) in [6.07, 6.45) is 0. The van der Waals surface area contributed by atoms with E-state index in [1.807, 2.05) is 13.8 Å². The van der Waals surface area contributed by atoms with Gasteiger partial charge in [0.15, 0.2) is 5.82 Å². The van der Waals surface area contributed by atoms with E-state index in [1.165, 1.54) is 0 Å². The lowest BCUT2D eigenvalue weighted by molar-refractivity contribution is 0.602. The summed E-state index contributed by atoms with van der Waals surface area (Å²) in [7, 11) is -3.21. The first-order valence-corrected chi connectivity index (χ1v) is 5.63. The average molecular weight is 203 g/mol. The number of nitrogens with zero attached hydrogens (tertiary/aromatic N) is 1. The van der Waals surface area contributed by atoms with Gasteiger partial charge in [-0.25, -0.2) is 8.42 Å². The highest BCUT2D eigenvalue weighted by Crippen LogP contribution is 2.14. The number of rotatable bonds is 3. The van der Waals surface area contributed by atoms with Crippen LogP contribution in [0.2, 0.25) is 0 Å². The Morgan fingerprint density at radius 3 is 2.46 bits per heavy atom. The van der Waals surface area contributed by atoms with Crippen LogP contribution in [0.25, 0.3) is 0 Å². The number of aromatic amines is 1. The van der Waals surface area contributed by atoms with Crippen molar-refractivity contribution in [1.82, 2.24) is 10.2 Å². The van der Waals surface area contributed by atoms with Gasteiger partial charge in [-0.15, -0.1) is 0 Å². The lowest BCUT2D eigenvalue weighted by Gasteiger charge is -2.02. The molecule has 1 aromatic heterocycles. The van der Waals surface area contributed by atoms with Crippen LogP contribution in [0.3, 0.4) is 0 Å². The highest BCUT2D eigenvalue weighted by Gasteiger charge is 2.11. The fourth-order valence-corrected chi connectivity index (χ4v) is 1.44. The number of H-pyrrole nitrogens is 1. The second kappa shape index (κ2) is 3.37. The zero-order chi connectivity index (χ0) is 10.1. The highest BCUT2D eigenvalue weighted by atomic mass is 32.2. The van der Waals surface area contributed by atoms with Gasteiger partial charge < -0.3 is 0 Å². The largest absolute Gasteiger partial charge is 0.280 e. The van der Waals surface area contributed by atoms with Crippen molar-refractivity contribution in [3.63, 3.8) is 0 Å². The summed E-state index contributed by atoms with van der Waals surface area (Å²) in [5.74, 6) is 0.442. The second-order valence-electron chi connectivity index (χ2n) is 2.83. The molecule has 1 heterocycles. The molecule has 0 spiro atoms. The van der Waals surface area contributed by atoms with E-state index in [2.05, 4.69) is 14.9 Å². The van der Waals surface area contributed by atoms with Crippen LogP contribution < -0.4 is 4.72 Å². The molecule has 0 amide bonds. The molecular formula is C7H13N3O2S. The summed E-state index contributed by atoms with van der Waals surface area (Å²) in [6, 6.07) is 0. The van der Waals surface area contributed by atoms with Gasteiger partial charge in [-0.05, 0) is 20.8 Å².